The van der Waals surface area contributed by atoms with Crippen LogP contribution in [-0.4, -0.2) is 35.6 Å². The van der Waals surface area contributed by atoms with Crippen LogP contribution in [0.25, 0.3) is 0 Å². The summed E-state index contributed by atoms with van der Waals surface area (Å²) in [5, 5.41) is 18.3. The number of H-pyrrole nitrogens is 1. The minimum atomic E-state index is -1.07. The zero-order valence-electron chi connectivity index (χ0n) is 14.2. The Kier molecular flexibility index (Phi) is 6.88. The molecule has 1 amide bonds. The van der Waals surface area contributed by atoms with Gasteiger partial charge in [-0.1, -0.05) is 6.07 Å². The van der Waals surface area contributed by atoms with E-state index in [0.29, 0.717) is 0 Å². The third-order valence-electron chi connectivity index (χ3n) is 3.55. The van der Waals surface area contributed by atoms with E-state index in [0.717, 1.165) is 24.6 Å². The second kappa shape index (κ2) is 9.13. The Hall–Kier alpha value is -3.21. The Bertz CT molecular complexity index is 1000. The summed E-state index contributed by atoms with van der Waals surface area (Å²) in [6.07, 6.45) is 3.20. The lowest BCUT2D eigenvalue weighted by atomic mass is 9.98. The Morgan fingerprint density at radius 2 is 2.00 bits per heavy atom. The van der Waals surface area contributed by atoms with E-state index in [2.05, 4.69) is 31.2 Å². The second-order valence-corrected chi connectivity index (χ2v) is 6.35. The molecular formula is C17H15BrF2N6O2. The average Bonchev–Trinajstić information content (AvgIpc) is 2.64. The van der Waals surface area contributed by atoms with Crippen LogP contribution in [0.3, 0.4) is 0 Å². The van der Waals surface area contributed by atoms with E-state index >= 15 is 0 Å². The van der Waals surface area contributed by atoms with E-state index in [9.17, 15) is 18.4 Å². The third-order valence-corrected chi connectivity index (χ3v) is 4.18. The number of nitrogens with zero attached hydrogens (tertiary/aromatic N) is 1. The minimum absolute atomic E-state index is 0.0621. The van der Waals surface area contributed by atoms with Gasteiger partial charge in [-0.05, 0) is 28.1 Å². The molecule has 2 rings (SSSR count). The number of aromatic amines is 1. The molecule has 1 unspecified atom stereocenters. The van der Waals surface area contributed by atoms with Crippen LogP contribution in [-0.2, 0) is 4.79 Å². The molecule has 1 aromatic carbocycles. The maximum atomic E-state index is 14.0. The lowest BCUT2D eigenvalue weighted by Crippen LogP contribution is -2.27. The number of benzene rings is 1. The molecule has 11 heteroatoms. The van der Waals surface area contributed by atoms with Crippen LogP contribution in [0.1, 0.15) is 5.56 Å². The molecule has 2 aromatic rings. The van der Waals surface area contributed by atoms with Gasteiger partial charge in [-0.3, -0.25) is 14.6 Å². The summed E-state index contributed by atoms with van der Waals surface area (Å²) >= 11 is 3.17. The molecule has 8 nitrogen and oxygen atoms in total. The van der Waals surface area contributed by atoms with Gasteiger partial charge in [-0.2, -0.15) is 0 Å². The fraction of sp³-hybridized carbons (Fsp3) is 0.118. The smallest absolute Gasteiger partial charge is 0.259 e. The maximum absolute atomic E-state index is 14.0. The molecule has 0 spiro atoms. The van der Waals surface area contributed by atoms with Crippen molar-refractivity contribution in [2.24, 2.45) is 16.6 Å². The summed E-state index contributed by atoms with van der Waals surface area (Å²) in [6.45, 7) is -0.349. The molecule has 146 valence electrons. The number of para-hydroxylation sites is 1. The zero-order chi connectivity index (χ0) is 20.8. The Morgan fingerprint density at radius 3 is 2.57 bits per heavy atom. The van der Waals surface area contributed by atoms with Crippen LogP contribution in [0.5, 0.6) is 0 Å². The highest BCUT2D eigenvalue weighted by Gasteiger charge is 2.23. The lowest BCUT2D eigenvalue weighted by Gasteiger charge is -2.16. The first-order valence-corrected chi connectivity index (χ1v) is 8.55. The van der Waals surface area contributed by atoms with Gasteiger partial charge in [-0.25, -0.2) is 8.78 Å². The fourth-order valence-electron chi connectivity index (χ4n) is 2.25. The number of hydrogen-bond acceptors (Lipinski definition) is 6. The molecule has 0 aliphatic heterocycles. The number of hydrogen-bond donors (Lipinski definition) is 5. The molecule has 0 saturated heterocycles. The summed E-state index contributed by atoms with van der Waals surface area (Å²) in [4.78, 5) is 29.3. The molecule has 6 N–H and O–H groups in total. The largest absolute Gasteiger partial charge is 0.368 e. The van der Waals surface area contributed by atoms with Crippen LogP contribution in [0.2, 0.25) is 0 Å². The van der Waals surface area contributed by atoms with E-state index in [1.165, 1.54) is 12.3 Å². The molecular weight excluding hydrogens is 438 g/mol. The van der Waals surface area contributed by atoms with E-state index in [4.69, 9.17) is 16.6 Å². The van der Waals surface area contributed by atoms with E-state index < -0.39 is 34.7 Å². The number of nitrogens with one attached hydrogen (secondary N) is 4. The molecule has 1 heterocycles. The van der Waals surface area contributed by atoms with Gasteiger partial charge in [0.25, 0.3) is 5.56 Å². The average molecular weight is 453 g/mol. The fourth-order valence-corrected chi connectivity index (χ4v) is 2.66. The molecule has 1 aromatic heterocycles. The number of aromatic nitrogens is 1. The van der Waals surface area contributed by atoms with Crippen molar-refractivity contribution in [2.75, 3.05) is 11.9 Å². The van der Waals surface area contributed by atoms with Gasteiger partial charge in [0.05, 0.1) is 27.4 Å². The molecule has 0 bridgehead atoms. The van der Waals surface area contributed by atoms with E-state index in [1.807, 2.05) is 0 Å². The highest BCUT2D eigenvalue weighted by Crippen LogP contribution is 2.30. The van der Waals surface area contributed by atoms with Gasteiger partial charge in [0, 0.05) is 18.6 Å². The topological polar surface area (TPSA) is 148 Å². The molecule has 0 aliphatic rings. The van der Waals surface area contributed by atoms with Gasteiger partial charge in [0.15, 0.2) is 0 Å². The number of anilines is 2. The zero-order valence-corrected chi connectivity index (χ0v) is 15.8. The first-order chi connectivity index (χ1) is 13.3. The van der Waals surface area contributed by atoms with Crippen LogP contribution in [0.4, 0.5) is 20.2 Å². The second-order valence-electron chi connectivity index (χ2n) is 5.50. The molecule has 0 radical (unpaired) electrons. The van der Waals surface area contributed by atoms with Crippen molar-refractivity contribution in [2.45, 2.75) is 0 Å². The predicted octanol–water partition coefficient (Wildman–Crippen LogP) is 2.35. The van der Waals surface area contributed by atoms with Gasteiger partial charge in [0.2, 0.25) is 5.91 Å². The summed E-state index contributed by atoms with van der Waals surface area (Å²) in [5.41, 5.74) is 3.07. The van der Waals surface area contributed by atoms with Crippen LogP contribution in [0.15, 0.2) is 38.7 Å². The van der Waals surface area contributed by atoms with Crippen molar-refractivity contribution in [1.29, 1.82) is 10.8 Å². The van der Waals surface area contributed by atoms with Gasteiger partial charge in [0.1, 0.15) is 23.9 Å². The van der Waals surface area contributed by atoms with Crippen molar-refractivity contribution in [3.8, 4) is 0 Å². The first-order valence-electron chi connectivity index (χ1n) is 7.76. The Balaban J connectivity index is 2.52. The number of nitrogens with two attached hydrogens (primary N) is 1. The van der Waals surface area contributed by atoms with E-state index in [-0.39, 0.29) is 28.0 Å². The van der Waals surface area contributed by atoms with Gasteiger partial charge in [-0.15, -0.1) is 0 Å². The lowest BCUT2D eigenvalue weighted by molar-refractivity contribution is -0.116. The predicted molar refractivity (Wildman–Crippen MR) is 106 cm³/mol. The summed E-state index contributed by atoms with van der Waals surface area (Å²) in [7, 11) is 0. The normalized spacial score (nSPS) is 12.0. The SMILES string of the molecule is N=CC(C=NCC(N)=O)C(=N)c1c(Nc2c(F)cccc2F)c(Br)c[nH]c1=O. The summed E-state index contributed by atoms with van der Waals surface area (Å²) in [5.74, 6) is -3.56. The Morgan fingerprint density at radius 1 is 1.36 bits per heavy atom. The van der Waals surface area contributed by atoms with Crippen molar-refractivity contribution >= 4 is 51.4 Å². The van der Waals surface area contributed by atoms with Crippen LogP contribution < -0.4 is 16.6 Å². The molecule has 28 heavy (non-hydrogen) atoms. The third kappa shape index (κ3) is 4.74. The van der Waals surface area contributed by atoms with Crippen LogP contribution in [0, 0.1) is 28.4 Å². The molecule has 0 fully saturated rings. The number of rotatable bonds is 8. The van der Waals surface area contributed by atoms with Crippen molar-refractivity contribution in [3.63, 3.8) is 0 Å². The highest BCUT2D eigenvalue weighted by molar-refractivity contribution is 9.10. The van der Waals surface area contributed by atoms with Crippen molar-refractivity contribution in [1.82, 2.24) is 4.98 Å². The quantitative estimate of drug-likeness (QED) is 0.391. The van der Waals surface area contributed by atoms with Gasteiger partial charge >= 0.3 is 0 Å². The molecule has 0 saturated carbocycles. The Labute approximate surface area is 166 Å². The van der Waals surface area contributed by atoms with Gasteiger partial charge < -0.3 is 26.9 Å². The number of halogens is 3. The number of pyridine rings is 1. The molecule has 0 aliphatic carbocycles. The molecule has 1 atom stereocenters. The number of primary amides is 1. The monoisotopic (exact) mass is 452 g/mol. The number of carbonyl (C=O) groups is 1. The number of carbonyl (C=O) groups excluding carboxylic acids is 1. The van der Waals surface area contributed by atoms with E-state index in [1.54, 1.807) is 0 Å². The first kappa shape index (κ1) is 21.1. The van der Waals surface area contributed by atoms with Crippen molar-refractivity contribution < 1.29 is 13.6 Å². The number of aliphatic imine (C=N–C) groups is 1. The summed E-state index contributed by atoms with van der Waals surface area (Å²) in [6, 6.07) is 3.26. The number of amides is 1. The maximum Gasteiger partial charge on any atom is 0.259 e. The van der Waals surface area contributed by atoms with Crippen molar-refractivity contribution in [3.05, 3.63) is 56.4 Å². The highest BCUT2D eigenvalue weighted by atomic mass is 79.9. The standard InChI is InChI=1S/C17H15BrF2N6O2/c18-9-6-25-17(28)13(14(23)8(4-21)5-24-7-12(22)27)15(9)26-16-10(19)2-1-3-11(16)20/h1-6,8,21,23H,7H2,(H2,22,27)(H2,25,26,28). The minimum Gasteiger partial charge on any atom is -0.368 e. The summed E-state index contributed by atoms with van der Waals surface area (Å²) < 4.78 is 28.2. The van der Waals surface area contributed by atoms with Crippen LogP contribution >= 0.6 is 15.9 Å².